The van der Waals surface area contributed by atoms with E-state index in [1.165, 1.54) is 25.7 Å². The van der Waals surface area contributed by atoms with Crippen LogP contribution in [0.4, 0.5) is 0 Å². The van der Waals surface area contributed by atoms with Crippen molar-refractivity contribution in [2.24, 2.45) is 7.05 Å². The number of nitrogens with one attached hydrogen (secondary N) is 1. The van der Waals surface area contributed by atoms with Crippen molar-refractivity contribution in [1.29, 1.82) is 0 Å². The van der Waals surface area contributed by atoms with Gasteiger partial charge in [0.25, 0.3) is 0 Å². The van der Waals surface area contributed by atoms with E-state index in [0.29, 0.717) is 12.5 Å². The molecular formula is C18H25N3O. The summed E-state index contributed by atoms with van der Waals surface area (Å²) in [5, 5.41) is 3.21. The van der Waals surface area contributed by atoms with Crippen LogP contribution < -0.4 is 5.32 Å². The normalized spacial score (nSPS) is 16.6. The third kappa shape index (κ3) is 3.32. The number of hydrogen-bond donors (Lipinski definition) is 1. The molecule has 1 heterocycles. The van der Waals surface area contributed by atoms with Gasteiger partial charge in [0.05, 0.1) is 17.5 Å². The molecule has 4 nitrogen and oxygen atoms in total. The minimum Gasteiger partial charge on any atom is -0.353 e. The van der Waals surface area contributed by atoms with E-state index >= 15 is 0 Å². The number of carbonyl (C=O) groups is 1. The maximum atomic E-state index is 12.3. The summed E-state index contributed by atoms with van der Waals surface area (Å²) in [5.41, 5.74) is 3.13. The molecule has 1 fully saturated rings. The molecule has 0 bridgehead atoms. The van der Waals surface area contributed by atoms with Crippen molar-refractivity contribution in [2.75, 3.05) is 0 Å². The predicted octanol–water partition coefficient (Wildman–Crippen LogP) is 3.26. The van der Waals surface area contributed by atoms with Crippen molar-refractivity contribution in [3.05, 3.63) is 29.6 Å². The molecule has 1 aromatic carbocycles. The second-order valence-electron chi connectivity index (χ2n) is 6.47. The Morgan fingerprint density at radius 1 is 1.27 bits per heavy atom. The molecule has 0 atom stereocenters. The molecule has 22 heavy (non-hydrogen) atoms. The average molecular weight is 299 g/mol. The number of carbonyl (C=O) groups excluding carboxylic acids is 1. The van der Waals surface area contributed by atoms with Crippen LogP contribution in [0.15, 0.2) is 18.2 Å². The summed E-state index contributed by atoms with van der Waals surface area (Å²) in [6.45, 7) is 2.00. The number of fused-ring (bicyclic) bond motifs is 1. The van der Waals surface area contributed by atoms with Gasteiger partial charge in [-0.15, -0.1) is 0 Å². The van der Waals surface area contributed by atoms with Gasteiger partial charge < -0.3 is 9.88 Å². The zero-order valence-electron chi connectivity index (χ0n) is 13.6. The number of hydrogen-bond acceptors (Lipinski definition) is 2. The first-order valence-electron chi connectivity index (χ1n) is 8.35. The Labute approximate surface area is 131 Å². The standard InChI is InChI=1S/C18H25N3O/c1-13-19-16-11-14(9-10-17(16)21(13)2)12-18(22)20-15-7-5-3-4-6-8-15/h9-11,15H,3-8,12H2,1-2H3,(H,20,22). The largest absolute Gasteiger partial charge is 0.353 e. The first kappa shape index (κ1) is 15.1. The maximum absolute atomic E-state index is 12.3. The third-order valence-electron chi connectivity index (χ3n) is 4.75. The molecule has 0 radical (unpaired) electrons. The van der Waals surface area contributed by atoms with E-state index in [9.17, 15) is 4.79 Å². The van der Waals surface area contributed by atoms with Crippen LogP contribution in [0, 0.1) is 6.92 Å². The van der Waals surface area contributed by atoms with Gasteiger partial charge in [0, 0.05) is 13.1 Å². The van der Waals surface area contributed by atoms with Gasteiger partial charge in [-0.05, 0) is 37.5 Å². The van der Waals surface area contributed by atoms with Gasteiger partial charge in [-0.1, -0.05) is 31.7 Å². The molecule has 1 aliphatic carbocycles. The molecule has 1 amide bonds. The Morgan fingerprint density at radius 3 is 2.73 bits per heavy atom. The monoisotopic (exact) mass is 299 g/mol. The van der Waals surface area contributed by atoms with Crippen LogP contribution in [-0.4, -0.2) is 21.5 Å². The Balaban J connectivity index is 1.65. The Morgan fingerprint density at radius 2 is 2.00 bits per heavy atom. The highest BCUT2D eigenvalue weighted by Gasteiger charge is 2.15. The molecule has 0 spiro atoms. The lowest BCUT2D eigenvalue weighted by Gasteiger charge is -2.16. The van der Waals surface area contributed by atoms with E-state index in [2.05, 4.69) is 20.9 Å². The summed E-state index contributed by atoms with van der Waals surface area (Å²) in [6.07, 6.45) is 7.80. The molecule has 1 N–H and O–H groups in total. The van der Waals surface area contributed by atoms with E-state index in [4.69, 9.17) is 0 Å². The van der Waals surface area contributed by atoms with Crippen molar-refractivity contribution in [2.45, 2.75) is 57.9 Å². The molecule has 0 saturated heterocycles. The van der Waals surface area contributed by atoms with Crippen LogP contribution in [0.3, 0.4) is 0 Å². The molecule has 118 valence electrons. The van der Waals surface area contributed by atoms with Crippen LogP contribution >= 0.6 is 0 Å². The smallest absolute Gasteiger partial charge is 0.224 e. The van der Waals surface area contributed by atoms with Gasteiger partial charge in [0.2, 0.25) is 5.91 Å². The predicted molar refractivity (Wildman–Crippen MR) is 88.8 cm³/mol. The molecule has 1 aromatic heterocycles. The number of imidazole rings is 1. The number of benzene rings is 1. The fourth-order valence-electron chi connectivity index (χ4n) is 3.36. The van der Waals surface area contributed by atoms with Crippen molar-refractivity contribution in [3.8, 4) is 0 Å². The zero-order valence-corrected chi connectivity index (χ0v) is 13.6. The summed E-state index contributed by atoms with van der Waals surface area (Å²) in [6, 6.07) is 6.50. The molecule has 0 unspecified atom stereocenters. The number of aromatic nitrogens is 2. The van der Waals surface area contributed by atoms with E-state index in [1.807, 2.05) is 26.1 Å². The van der Waals surface area contributed by atoms with Crippen molar-refractivity contribution in [1.82, 2.24) is 14.9 Å². The van der Waals surface area contributed by atoms with Crippen LogP contribution in [0.2, 0.25) is 0 Å². The Hall–Kier alpha value is -1.84. The highest BCUT2D eigenvalue weighted by Crippen LogP contribution is 2.19. The number of aryl methyl sites for hydroxylation is 2. The summed E-state index contributed by atoms with van der Waals surface area (Å²) >= 11 is 0. The fourth-order valence-corrected chi connectivity index (χ4v) is 3.36. The molecule has 1 aliphatic rings. The minimum atomic E-state index is 0.138. The summed E-state index contributed by atoms with van der Waals surface area (Å²) in [4.78, 5) is 16.8. The second-order valence-corrected chi connectivity index (χ2v) is 6.47. The molecule has 1 saturated carbocycles. The Bertz CT molecular complexity index is 666. The van der Waals surface area contributed by atoms with E-state index in [1.54, 1.807) is 0 Å². The van der Waals surface area contributed by atoms with Gasteiger partial charge >= 0.3 is 0 Å². The van der Waals surface area contributed by atoms with Crippen LogP contribution in [-0.2, 0) is 18.3 Å². The Kier molecular flexibility index (Phi) is 4.46. The van der Waals surface area contributed by atoms with Crippen molar-refractivity contribution >= 4 is 16.9 Å². The minimum absolute atomic E-state index is 0.138. The van der Waals surface area contributed by atoms with Gasteiger partial charge in [0.15, 0.2) is 0 Å². The first-order chi connectivity index (χ1) is 10.6. The number of amides is 1. The van der Waals surface area contributed by atoms with Gasteiger partial charge in [-0.2, -0.15) is 0 Å². The van der Waals surface area contributed by atoms with E-state index in [-0.39, 0.29) is 5.91 Å². The highest BCUT2D eigenvalue weighted by molar-refractivity contribution is 5.82. The van der Waals surface area contributed by atoms with Gasteiger partial charge in [-0.3, -0.25) is 4.79 Å². The molecule has 3 rings (SSSR count). The lowest BCUT2D eigenvalue weighted by atomic mass is 10.1. The SMILES string of the molecule is Cc1nc2cc(CC(=O)NC3CCCCCC3)ccc2n1C. The van der Waals surface area contributed by atoms with Crippen LogP contribution in [0.25, 0.3) is 11.0 Å². The number of rotatable bonds is 3. The average Bonchev–Trinajstić information content (AvgIpc) is 2.68. The third-order valence-corrected chi connectivity index (χ3v) is 4.75. The van der Waals surface area contributed by atoms with Gasteiger partial charge in [0.1, 0.15) is 5.82 Å². The van der Waals surface area contributed by atoms with E-state index in [0.717, 1.165) is 35.3 Å². The number of nitrogens with zero attached hydrogens (tertiary/aromatic N) is 2. The topological polar surface area (TPSA) is 46.9 Å². The summed E-state index contributed by atoms with van der Waals surface area (Å²) < 4.78 is 2.07. The molecular weight excluding hydrogens is 274 g/mol. The fraction of sp³-hybridized carbons (Fsp3) is 0.556. The summed E-state index contributed by atoms with van der Waals surface area (Å²) in [5.74, 6) is 1.13. The highest BCUT2D eigenvalue weighted by atomic mass is 16.1. The maximum Gasteiger partial charge on any atom is 0.224 e. The van der Waals surface area contributed by atoms with E-state index < -0.39 is 0 Å². The van der Waals surface area contributed by atoms with Gasteiger partial charge in [-0.25, -0.2) is 4.98 Å². The molecule has 4 heteroatoms. The molecule has 0 aliphatic heterocycles. The van der Waals surface area contributed by atoms with Crippen LogP contribution in [0.1, 0.15) is 49.9 Å². The molecule has 2 aromatic rings. The lowest BCUT2D eigenvalue weighted by molar-refractivity contribution is -0.121. The van der Waals surface area contributed by atoms with Crippen LogP contribution in [0.5, 0.6) is 0 Å². The second kappa shape index (κ2) is 6.51. The zero-order chi connectivity index (χ0) is 15.5. The first-order valence-corrected chi connectivity index (χ1v) is 8.35. The summed E-state index contributed by atoms with van der Waals surface area (Å²) in [7, 11) is 2.02. The lowest BCUT2D eigenvalue weighted by Crippen LogP contribution is -2.35. The van der Waals surface area contributed by atoms with Crippen molar-refractivity contribution in [3.63, 3.8) is 0 Å². The quantitative estimate of drug-likeness (QED) is 0.884. The van der Waals surface area contributed by atoms with Crippen molar-refractivity contribution < 1.29 is 4.79 Å².